The Morgan fingerprint density at radius 1 is 1.18 bits per heavy atom. The molecule has 0 aliphatic carbocycles. The third-order valence-electron chi connectivity index (χ3n) is 3.44. The molecule has 0 aliphatic heterocycles. The maximum absolute atomic E-state index is 12.3. The van der Waals surface area contributed by atoms with E-state index in [-0.39, 0.29) is 12.5 Å². The van der Waals surface area contributed by atoms with Gasteiger partial charge in [-0.3, -0.25) is 4.79 Å². The summed E-state index contributed by atoms with van der Waals surface area (Å²) in [5, 5.41) is 0.662. The summed E-state index contributed by atoms with van der Waals surface area (Å²) in [4.78, 5) is 14.1. The number of nitrogens with zero attached hydrogens (tertiary/aromatic N) is 1. The highest BCUT2D eigenvalue weighted by atomic mass is 35.5. The maximum Gasteiger partial charge on any atom is 0.260 e. The van der Waals surface area contributed by atoms with Crippen LogP contribution in [0.3, 0.4) is 0 Å². The highest BCUT2D eigenvalue weighted by molar-refractivity contribution is 6.30. The number of carbonyl (C=O) groups is 1. The summed E-state index contributed by atoms with van der Waals surface area (Å²) >= 11 is 5.91. The van der Waals surface area contributed by atoms with Crippen molar-refractivity contribution in [3.8, 4) is 5.75 Å². The van der Waals surface area contributed by atoms with Gasteiger partial charge in [0.2, 0.25) is 0 Å². The molecule has 4 heteroatoms. The van der Waals surface area contributed by atoms with Crippen molar-refractivity contribution in [3.05, 3.63) is 64.7 Å². The van der Waals surface area contributed by atoms with E-state index < -0.39 is 0 Å². The Kier molecular flexibility index (Phi) is 5.84. The zero-order valence-electron chi connectivity index (χ0n) is 12.9. The van der Waals surface area contributed by atoms with Crippen LogP contribution in [0.25, 0.3) is 0 Å². The van der Waals surface area contributed by atoms with Gasteiger partial charge in [-0.15, -0.1) is 0 Å². The lowest BCUT2D eigenvalue weighted by atomic mass is 10.2. The fraction of sp³-hybridized carbons (Fsp3) is 0.278. The number of amides is 1. The van der Waals surface area contributed by atoms with Crippen molar-refractivity contribution in [1.29, 1.82) is 0 Å². The molecule has 1 amide bonds. The number of benzene rings is 2. The molecule has 2 rings (SSSR count). The molecule has 0 spiro atoms. The van der Waals surface area contributed by atoms with Crippen LogP contribution in [0.4, 0.5) is 0 Å². The standard InChI is InChI=1S/C18H20ClNO2/c1-3-20(12-15-7-5-4-6-8-15)18(21)13-22-17-10-9-16(19)11-14(17)2/h4-11H,3,12-13H2,1-2H3. The van der Waals surface area contributed by atoms with Crippen LogP contribution in [-0.4, -0.2) is 24.0 Å². The van der Waals surface area contributed by atoms with E-state index in [2.05, 4.69) is 0 Å². The largest absolute Gasteiger partial charge is 0.483 e. The summed E-state index contributed by atoms with van der Waals surface area (Å²) in [6.07, 6.45) is 0. The Morgan fingerprint density at radius 2 is 1.91 bits per heavy atom. The molecular weight excluding hydrogens is 298 g/mol. The minimum atomic E-state index is -0.0271. The van der Waals surface area contributed by atoms with Gasteiger partial charge in [0.05, 0.1) is 0 Å². The first-order valence-corrected chi connectivity index (χ1v) is 7.68. The highest BCUT2D eigenvalue weighted by Crippen LogP contribution is 2.21. The van der Waals surface area contributed by atoms with Gasteiger partial charge in [0.1, 0.15) is 5.75 Å². The van der Waals surface area contributed by atoms with Crippen LogP contribution in [0.2, 0.25) is 5.02 Å². The van der Waals surface area contributed by atoms with Gasteiger partial charge >= 0.3 is 0 Å². The summed E-state index contributed by atoms with van der Waals surface area (Å²) in [6.45, 7) is 5.15. The third kappa shape index (κ3) is 4.50. The van der Waals surface area contributed by atoms with Gasteiger partial charge in [0.25, 0.3) is 5.91 Å². The van der Waals surface area contributed by atoms with Crippen LogP contribution in [0.15, 0.2) is 48.5 Å². The molecule has 0 unspecified atom stereocenters. The minimum Gasteiger partial charge on any atom is -0.483 e. The number of hydrogen-bond donors (Lipinski definition) is 0. The molecule has 3 nitrogen and oxygen atoms in total. The van der Waals surface area contributed by atoms with E-state index in [0.29, 0.717) is 23.9 Å². The van der Waals surface area contributed by atoms with Crippen LogP contribution >= 0.6 is 11.6 Å². The average molecular weight is 318 g/mol. The first-order chi connectivity index (χ1) is 10.6. The number of aryl methyl sites for hydroxylation is 1. The fourth-order valence-electron chi connectivity index (χ4n) is 2.19. The molecule has 2 aromatic rings. The van der Waals surface area contributed by atoms with Gasteiger partial charge in [-0.1, -0.05) is 41.9 Å². The Labute approximate surface area is 136 Å². The zero-order valence-corrected chi connectivity index (χ0v) is 13.6. The molecule has 0 bridgehead atoms. The smallest absolute Gasteiger partial charge is 0.260 e. The van der Waals surface area contributed by atoms with E-state index in [1.807, 2.05) is 50.2 Å². The van der Waals surface area contributed by atoms with E-state index in [9.17, 15) is 4.79 Å². The second kappa shape index (κ2) is 7.85. The van der Waals surface area contributed by atoms with Gasteiger partial charge in [-0.25, -0.2) is 0 Å². The quantitative estimate of drug-likeness (QED) is 0.803. The van der Waals surface area contributed by atoms with Crippen LogP contribution < -0.4 is 4.74 Å². The average Bonchev–Trinajstić information content (AvgIpc) is 2.52. The van der Waals surface area contributed by atoms with Crippen molar-refractivity contribution in [2.45, 2.75) is 20.4 Å². The summed E-state index contributed by atoms with van der Waals surface area (Å²) in [5.41, 5.74) is 2.03. The van der Waals surface area contributed by atoms with Crippen LogP contribution in [0.5, 0.6) is 5.75 Å². The number of halogens is 1. The molecule has 0 aliphatic rings. The number of ether oxygens (including phenoxy) is 1. The van der Waals surface area contributed by atoms with Gasteiger partial charge in [-0.2, -0.15) is 0 Å². The number of rotatable bonds is 6. The highest BCUT2D eigenvalue weighted by Gasteiger charge is 2.13. The van der Waals surface area contributed by atoms with E-state index in [1.165, 1.54) is 0 Å². The van der Waals surface area contributed by atoms with Crippen molar-refractivity contribution < 1.29 is 9.53 Å². The Morgan fingerprint density at radius 3 is 2.55 bits per heavy atom. The van der Waals surface area contributed by atoms with Gasteiger partial charge in [-0.05, 0) is 43.2 Å². The second-order valence-corrected chi connectivity index (χ2v) is 5.53. The third-order valence-corrected chi connectivity index (χ3v) is 3.67. The second-order valence-electron chi connectivity index (χ2n) is 5.09. The van der Waals surface area contributed by atoms with Gasteiger partial charge in [0.15, 0.2) is 6.61 Å². The predicted octanol–water partition coefficient (Wildman–Crippen LogP) is 4.08. The Bertz CT molecular complexity index is 628. The van der Waals surface area contributed by atoms with Crippen LogP contribution in [0.1, 0.15) is 18.1 Å². The van der Waals surface area contributed by atoms with Crippen molar-refractivity contribution in [2.75, 3.05) is 13.2 Å². The number of likely N-dealkylation sites (N-methyl/N-ethyl adjacent to an activating group) is 1. The molecule has 22 heavy (non-hydrogen) atoms. The lowest BCUT2D eigenvalue weighted by molar-refractivity contribution is -0.133. The number of carbonyl (C=O) groups excluding carboxylic acids is 1. The topological polar surface area (TPSA) is 29.5 Å². The van der Waals surface area contributed by atoms with Crippen LogP contribution in [0, 0.1) is 6.92 Å². The van der Waals surface area contributed by atoms with Crippen molar-refractivity contribution in [3.63, 3.8) is 0 Å². The van der Waals surface area contributed by atoms with Gasteiger partial charge < -0.3 is 9.64 Å². The normalized spacial score (nSPS) is 10.3. The zero-order chi connectivity index (χ0) is 15.9. The van der Waals surface area contributed by atoms with Gasteiger partial charge in [0, 0.05) is 18.1 Å². The molecule has 116 valence electrons. The lowest BCUT2D eigenvalue weighted by Crippen LogP contribution is -2.34. The molecule has 2 aromatic carbocycles. The Hall–Kier alpha value is -2.00. The monoisotopic (exact) mass is 317 g/mol. The summed E-state index contributed by atoms with van der Waals surface area (Å²) in [5.74, 6) is 0.661. The first kappa shape index (κ1) is 16.4. The minimum absolute atomic E-state index is 0.0271. The SMILES string of the molecule is CCN(Cc1ccccc1)C(=O)COc1ccc(Cl)cc1C. The number of hydrogen-bond acceptors (Lipinski definition) is 2. The van der Waals surface area contributed by atoms with E-state index in [0.717, 1.165) is 11.1 Å². The van der Waals surface area contributed by atoms with E-state index >= 15 is 0 Å². The summed E-state index contributed by atoms with van der Waals surface area (Å²) < 4.78 is 5.62. The molecule has 0 heterocycles. The molecular formula is C18H20ClNO2. The molecule has 0 saturated carbocycles. The molecule has 0 N–H and O–H groups in total. The Balaban J connectivity index is 1.94. The fourth-order valence-corrected chi connectivity index (χ4v) is 2.41. The predicted molar refractivity (Wildman–Crippen MR) is 89.2 cm³/mol. The van der Waals surface area contributed by atoms with Crippen molar-refractivity contribution >= 4 is 17.5 Å². The van der Waals surface area contributed by atoms with E-state index in [1.54, 1.807) is 17.0 Å². The molecule has 0 aromatic heterocycles. The summed E-state index contributed by atoms with van der Waals surface area (Å²) in [6, 6.07) is 15.3. The van der Waals surface area contributed by atoms with E-state index in [4.69, 9.17) is 16.3 Å². The molecule has 0 fully saturated rings. The van der Waals surface area contributed by atoms with Crippen molar-refractivity contribution in [2.24, 2.45) is 0 Å². The molecule has 0 saturated heterocycles. The first-order valence-electron chi connectivity index (χ1n) is 7.30. The molecule has 0 atom stereocenters. The molecule has 0 radical (unpaired) electrons. The van der Waals surface area contributed by atoms with Crippen LogP contribution in [-0.2, 0) is 11.3 Å². The summed E-state index contributed by atoms with van der Waals surface area (Å²) in [7, 11) is 0. The van der Waals surface area contributed by atoms with Crippen molar-refractivity contribution in [1.82, 2.24) is 4.90 Å². The lowest BCUT2D eigenvalue weighted by Gasteiger charge is -2.21. The maximum atomic E-state index is 12.3.